The molecule has 0 unspecified atom stereocenters. The Labute approximate surface area is 164 Å². The van der Waals surface area contributed by atoms with Crippen LogP contribution in [0.15, 0.2) is 0 Å². The summed E-state index contributed by atoms with van der Waals surface area (Å²) in [6, 6.07) is 0. The topological polar surface area (TPSA) is 46.9 Å². The van der Waals surface area contributed by atoms with E-state index in [1.807, 2.05) is 0 Å². The molecular weight excluding hydrogens is 380 g/mol. The van der Waals surface area contributed by atoms with Crippen molar-refractivity contribution in [3.05, 3.63) is 0 Å². The fourth-order valence-electron chi connectivity index (χ4n) is 3.35. The Hall–Kier alpha value is 0.400. The molecule has 2 fully saturated rings. The number of likely N-dealkylation sites (tertiary alicyclic amines) is 2. The van der Waals surface area contributed by atoms with Crippen LogP contribution >= 0.6 is 46.0 Å². The summed E-state index contributed by atoms with van der Waals surface area (Å²) in [6.45, 7) is 4.57. The van der Waals surface area contributed by atoms with Crippen LogP contribution in [0, 0.1) is 11.8 Å². The minimum absolute atomic E-state index is 0.295. The Bertz CT molecular complexity index is 371. The normalized spacial score (nSPS) is 20.4. The molecule has 2 aliphatic rings. The molecule has 24 heavy (non-hydrogen) atoms. The second-order valence-corrected chi connectivity index (χ2v) is 9.98. The quantitative estimate of drug-likeness (QED) is 0.543. The van der Waals surface area contributed by atoms with Gasteiger partial charge in [0, 0.05) is 39.4 Å². The molecule has 0 bridgehead atoms. The molecular formula is C16H28N2O2S4. The van der Waals surface area contributed by atoms with E-state index in [9.17, 15) is 0 Å². The number of aliphatic hydroxyl groups is 2. The van der Waals surface area contributed by atoms with Gasteiger partial charge in [-0.05, 0) is 71.9 Å². The molecule has 0 amide bonds. The third-order valence-corrected chi connectivity index (χ3v) is 8.74. The molecule has 0 saturated carbocycles. The SMILES string of the molecule is OCCC1CCN(C(=S)SSC(=S)N2CCC(CCO)CC2)CC1. The van der Waals surface area contributed by atoms with Crippen molar-refractivity contribution >= 4 is 54.7 Å². The smallest absolute Gasteiger partial charge is 0.147 e. The zero-order valence-electron chi connectivity index (χ0n) is 14.1. The number of thiocarbonyl (C=S) groups is 2. The van der Waals surface area contributed by atoms with Gasteiger partial charge in [0.2, 0.25) is 0 Å². The molecule has 4 nitrogen and oxygen atoms in total. The van der Waals surface area contributed by atoms with Gasteiger partial charge >= 0.3 is 0 Å². The highest BCUT2D eigenvalue weighted by atomic mass is 33.1. The molecule has 2 aliphatic heterocycles. The Kier molecular flexibility index (Phi) is 9.65. The van der Waals surface area contributed by atoms with E-state index < -0.39 is 0 Å². The van der Waals surface area contributed by atoms with Crippen LogP contribution in [0.25, 0.3) is 0 Å². The second-order valence-electron chi connectivity index (χ2n) is 6.58. The van der Waals surface area contributed by atoms with E-state index in [1.165, 1.54) is 0 Å². The highest BCUT2D eigenvalue weighted by Gasteiger charge is 2.23. The van der Waals surface area contributed by atoms with Crippen LogP contribution in [-0.2, 0) is 0 Å². The van der Waals surface area contributed by atoms with Crippen molar-refractivity contribution in [1.29, 1.82) is 0 Å². The number of piperidine rings is 2. The number of hydrogen-bond donors (Lipinski definition) is 2. The van der Waals surface area contributed by atoms with Gasteiger partial charge in [-0.3, -0.25) is 0 Å². The van der Waals surface area contributed by atoms with Gasteiger partial charge in [-0.1, -0.05) is 24.4 Å². The highest BCUT2D eigenvalue weighted by Crippen LogP contribution is 2.32. The van der Waals surface area contributed by atoms with E-state index in [1.54, 1.807) is 21.6 Å². The summed E-state index contributed by atoms with van der Waals surface area (Å²) in [4.78, 5) is 4.55. The van der Waals surface area contributed by atoms with Crippen LogP contribution in [0.4, 0.5) is 0 Å². The van der Waals surface area contributed by atoms with E-state index in [2.05, 4.69) is 9.80 Å². The molecule has 0 aliphatic carbocycles. The van der Waals surface area contributed by atoms with Gasteiger partial charge in [0.1, 0.15) is 8.64 Å². The molecule has 8 heteroatoms. The fraction of sp³-hybridized carbons (Fsp3) is 0.875. The lowest BCUT2D eigenvalue weighted by Crippen LogP contribution is -2.37. The van der Waals surface area contributed by atoms with Gasteiger partial charge in [0.25, 0.3) is 0 Å². The summed E-state index contributed by atoms with van der Waals surface area (Å²) < 4.78 is 1.86. The van der Waals surface area contributed by atoms with Crippen LogP contribution in [0.2, 0.25) is 0 Å². The van der Waals surface area contributed by atoms with E-state index >= 15 is 0 Å². The first-order chi connectivity index (χ1) is 11.6. The van der Waals surface area contributed by atoms with Crippen LogP contribution in [0.5, 0.6) is 0 Å². The first-order valence-electron chi connectivity index (χ1n) is 8.78. The minimum Gasteiger partial charge on any atom is -0.396 e. The van der Waals surface area contributed by atoms with Crippen LogP contribution in [0.3, 0.4) is 0 Å². The molecule has 0 radical (unpaired) electrons. The van der Waals surface area contributed by atoms with Crippen molar-refractivity contribution in [2.75, 3.05) is 39.4 Å². The number of hydrogen-bond acceptors (Lipinski definition) is 6. The fourth-order valence-corrected chi connectivity index (χ4v) is 6.11. The van der Waals surface area contributed by atoms with Crippen molar-refractivity contribution < 1.29 is 10.2 Å². The van der Waals surface area contributed by atoms with Crippen molar-refractivity contribution in [2.24, 2.45) is 11.8 Å². The average molecular weight is 409 g/mol. The molecule has 0 aromatic rings. The largest absolute Gasteiger partial charge is 0.396 e. The van der Waals surface area contributed by atoms with Gasteiger partial charge in [-0.15, -0.1) is 0 Å². The van der Waals surface area contributed by atoms with Crippen LogP contribution in [0.1, 0.15) is 38.5 Å². The van der Waals surface area contributed by atoms with Crippen molar-refractivity contribution in [2.45, 2.75) is 38.5 Å². The van der Waals surface area contributed by atoms with Crippen molar-refractivity contribution in [3.8, 4) is 0 Å². The number of nitrogens with zero attached hydrogens (tertiary/aromatic N) is 2. The monoisotopic (exact) mass is 408 g/mol. The molecule has 0 aromatic heterocycles. The lowest BCUT2D eigenvalue weighted by atomic mass is 9.94. The van der Waals surface area contributed by atoms with Crippen LogP contribution < -0.4 is 0 Å². The van der Waals surface area contributed by atoms with Gasteiger partial charge in [0.05, 0.1) is 0 Å². The Balaban J connectivity index is 1.64. The zero-order chi connectivity index (χ0) is 17.4. The molecule has 2 saturated heterocycles. The highest BCUT2D eigenvalue weighted by molar-refractivity contribution is 8.89. The Morgan fingerprint density at radius 2 is 1.08 bits per heavy atom. The summed E-state index contributed by atoms with van der Waals surface area (Å²) >= 11 is 11.1. The summed E-state index contributed by atoms with van der Waals surface area (Å²) in [5.74, 6) is 1.29. The maximum Gasteiger partial charge on any atom is 0.147 e. The molecule has 2 rings (SSSR count). The molecule has 0 spiro atoms. The van der Waals surface area contributed by atoms with Crippen molar-refractivity contribution in [1.82, 2.24) is 9.80 Å². The van der Waals surface area contributed by atoms with Crippen LogP contribution in [-0.4, -0.2) is 68.0 Å². The first kappa shape index (κ1) is 20.7. The Morgan fingerprint density at radius 3 is 1.38 bits per heavy atom. The van der Waals surface area contributed by atoms with E-state index in [0.29, 0.717) is 25.0 Å². The third kappa shape index (κ3) is 6.61. The Morgan fingerprint density at radius 1 is 0.750 bits per heavy atom. The minimum atomic E-state index is 0.295. The molecule has 0 aromatic carbocycles. The second kappa shape index (κ2) is 11.2. The van der Waals surface area contributed by atoms with Gasteiger partial charge in [-0.25, -0.2) is 0 Å². The van der Waals surface area contributed by atoms with Gasteiger partial charge in [-0.2, -0.15) is 0 Å². The third-order valence-electron chi connectivity index (χ3n) is 5.00. The van der Waals surface area contributed by atoms with E-state index in [-0.39, 0.29) is 0 Å². The average Bonchev–Trinajstić information content (AvgIpc) is 2.61. The first-order valence-corrected chi connectivity index (χ1v) is 11.7. The predicted molar refractivity (Wildman–Crippen MR) is 112 cm³/mol. The zero-order valence-corrected chi connectivity index (χ0v) is 17.3. The predicted octanol–water partition coefficient (Wildman–Crippen LogP) is 3.13. The van der Waals surface area contributed by atoms with E-state index in [4.69, 9.17) is 34.6 Å². The standard InChI is InChI=1S/C16H28N2O2S4/c19-11-5-13-1-7-17(8-2-13)15(21)23-24-16(22)18-9-3-14(4-10-18)6-12-20/h13-14,19-20H,1-12H2. The lowest BCUT2D eigenvalue weighted by molar-refractivity contribution is 0.206. The summed E-state index contributed by atoms with van der Waals surface area (Å²) in [6.07, 6.45) is 6.31. The maximum absolute atomic E-state index is 9.03. The van der Waals surface area contributed by atoms with E-state index in [0.717, 1.165) is 73.3 Å². The summed E-state index contributed by atoms with van der Waals surface area (Å²) in [5.41, 5.74) is 0. The molecule has 138 valence electrons. The summed E-state index contributed by atoms with van der Waals surface area (Å²) in [5, 5.41) is 18.1. The summed E-state index contributed by atoms with van der Waals surface area (Å²) in [7, 11) is 3.22. The lowest BCUT2D eigenvalue weighted by Gasteiger charge is -2.34. The van der Waals surface area contributed by atoms with Crippen molar-refractivity contribution in [3.63, 3.8) is 0 Å². The maximum atomic E-state index is 9.03. The van der Waals surface area contributed by atoms with Gasteiger partial charge < -0.3 is 20.0 Å². The molecule has 2 N–H and O–H groups in total. The molecule has 0 atom stereocenters. The van der Waals surface area contributed by atoms with Gasteiger partial charge in [0.15, 0.2) is 0 Å². The molecule has 2 heterocycles. The number of aliphatic hydroxyl groups excluding tert-OH is 2. The number of rotatable bonds is 4.